The van der Waals surface area contributed by atoms with Crippen molar-refractivity contribution in [2.45, 2.75) is 347 Å². The number of allylic oxidation sites excluding steroid dienone is 32. The minimum atomic E-state index is -4.95. The van der Waals surface area contributed by atoms with Crippen molar-refractivity contribution in [1.29, 1.82) is 0 Å². The molecule has 0 amide bonds. The molecule has 113 heavy (non-hydrogen) atoms. The number of hydrogen-bond donors (Lipinski definition) is 4. The van der Waals surface area contributed by atoms with E-state index in [0.29, 0.717) is 19.3 Å². The molecule has 18 heteroatoms. The Morgan fingerprint density at radius 2 is 0.442 bits per heavy atom. The number of carbonyl (C=O) groups excluding carboxylic acids is 3. The van der Waals surface area contributed by atoms with Crippen molar-refractivity contribution in [3.63, 3.8) is 0 Å². The number of unbranched alkanes of at least 4 members (excludes halogenated alkanes) is 26. The zero-order valence-electron chi connectivity index (χ0n) is 70.5. The fourth-order valence-corrected chi connectivity index (χ4v) is 12.9. The molecule has 0 bridgehead atoms. The van der Waals surface area contributed by atoms with Crippen LogP contribution in [0.25, 0.3) is 0 Å². The lowest BCUT2D eigenvalue weighted by Crippen LogP contribution is -2.30. The van der Waals surface area contributed by atoms with Gasteiger partial charge in [0.15, 0.2) is 6.10 Å². The predicted molar refractivity (Wildman–Crippen MR) is 472 cm³/mol. The minimum Gasteiger partial charge on any atom is -0.463 e. The quantitative estimate of drug-likeness (QED) is 0.0146. The first-order valence-corrected chi connectivity index (χ1v) is 46.7. The lowest BCUT2D eigenvalue weighted by Gasteiger charge is -2.21. The number of aliphatic hydroxyl groups is 2. The Bertz CT molecular complexity index is 2830. The highest BCUT2D eigenvalue weighted by Gasteiger charge is 2.29. The van der Waals surface area contributed by atoms with Crippen molar-refractivity contribution < 1.29 is 75.8 Å². The molecule has 0 aliphatic rings. The normalized spacial score (nSPS) is 14.8. The van der Waals surface area contributed by atoms with Gasteiger partial charge in [0.05, 0.1) is 26.4 Å². The smallest absolute Gasteiger partial charge is 0.463 e. The average molecular weight is 1620 g/mol. The average Bonchev–Trinajstić information content (AvgIpc) is 0.900. The molecule has 642 valence electrons. The molecular formula is C95H156O16P2. The summed E-state index contributed by atoms with van der Waals surface area (Å²) >= 11 is 0. The monoisotopic (exact) mass is 1620 g/mol. The van der Waals surface area contributed by atoms with E-state index in [4.69, 9.17) is 32.3 Å². The number of hydrogen-bond acceptors (Lipinski definition) is 14. The summed E-state index contributed by atoms with van der Waals surface area (Å²) in [7, 11) is -9.83. The van der Waals surface area contributed by atoms with E-state index in [1.807, 2.05) is 0 Å². The second-order valence-electron chi connectivity index (χ2n) is 28.5. The Labute approximate surface area is 687 Å². The zero-order valence-corrected chi connectivity index (χ0v) is 72.3. The molecule has 0 aliphatic carbocycles. The van der Waals surface area contributed by atoms with Crippen molar-refractivity contribution in [3.8, 4) is 0 Å². The third-order valence-electron chi connectivity index (χ3n) is 17.8. The van der Waals surface area contributed by atoms with Crippen LogP contribution in [0.1, 0.15) is 329 Å². The number of esters is 3. The van der Waals surface area contributed by atoms with Gasteiger partial charge in [0, 0.05) is 19.3 Å². The van der Waals surface area contributed by atoms with Gasteiger partial charge in [-0.15, -0.1) is 0 Å². The summed E-state index contributed by atoms with van der Waals surface area (Å²) in [6, 6.07) is 0. The molecule has 0 saturated carbocycles. The van der Waals surface area contributed by atoms with Crippen molar-refractivity contribution in [2.75, 3.05) is 39.6 Å². The molecule has 0 radical (unpaired) electrons. The first kappa shape index (κ1) is 107. The van der Waals surface area contributed by atoms with Gasteiger partial charge in [0.2, 0.25) is 0 Å². The number of ether oxygens (including phenoxy) is 3. The van der Waals surface area contributed by atoms with E-state index in [0.717, 1.165) is 180 Å². The van der Waals surface area contributed by atoms with Gasteiger partial charge in [-0.3, -0.25) is 32.5 Å². The van der Waals surface area contributed by atoms with Crippen molar-refractivity contribution in [3.05, 3.63) is 194 Å². The summed E-state index contributed by atoms with van der Waals surface area (Å²) in [5, 5.41) is 20.7. The Balaban J connectivity index is 4.58. The zero-order chi connectivity index (χ0) is 82.2. The topological polar surface area (TPSA) is 231 Å². The summed E-state index contributed by atoms with van der Waals surface area (Å²) in [6.07, 6.45) is 113. The molecule has 0 aliphatic heterocycles. The molecule has 0 fully saturated rings. The molecule has 0 saturated heterocycles. The van der Waals surface area contributed by atoms with Crippen molar-refractivity contribution in [1.82, 2.24) is 0 Å². The number of phosphoric ester groups is 2. The van der Waals surface area contributed by atoms with E-state index in [1.165, 1.54) is 89.9 Å². The molecule has 0 spiro atoms. The van der Waals surface area contributed by atoms with Gasteiger partial charge >= 0.3 is 33.6 Å². The highest BCUT2D eigenvalue weighted by Crippen LogP contribution is 2.45. The van der Waals surface area contributed by atoms with Crippen LogP contribution in [-0.2, 0) is 55.8 Å². The van der Waals surface area contributed by atoms with E-state index >= 15 is 0 Å². The van der Waals surface area contributed by atoms with Gasteiger partial charge in [-0.25, -0.2) is 9.13 Å². The Morgan fingerprint density at radius 3 is 0.708 bits per heavy atom. The minimum absolute atomic E-state index is 0.0576. The van der Waals surface area contributed by atoms with Crippen LogP contribution in [-0.4, -0.2) is 95.9 Å². The molecule has 0 aromatic rings. The van der Waals surface area contributed by atoms with Crippen LogP contribution in [0.2, 0.25) is 0 Å². The molecule has 5 unspecified atom stereocenters. The van der Waals surface area contributed by atoms with E-state index < -0.39 is 91.5 Å². The SMILES string of the molecule is CC/C=C\C/C=C\C/C=C\C/C=C\C/C=C\C/C=C\CCCCCCCCCCCCCCCCC(=O)OCC(O)COP(=O)(O)OCC(O)COP(=O)(O)OCC(COC(=O)CCCCCCCCCCC/C=C\C/C=C\C/C=C\C/C=C\C/C=C\CC)OC(=O)CCCCC/C=C\C/C=C\C/C=C\C/C=C\C/C=C\CC. The standard InChI is InChI=1S/C95H156O16P2/c1-4-7-10-13-16-19-22-25-28-31-34-36-38-40-41-42-43-44-45-46-47-49-51-52-55-57-60-63-66-69-72-75-78-81-93(98)105-84-90(96)85-107-112(101,102)108-86-91(97)87-109-113(103,104)110-89-92(111-95(100)83-80-77-74-71-68-65-62-59-54-33-30-27-24-21-18-15-12-9-6-3)88-106-94(99)82-79-76-73-70-67-64-61-58-56-53-50-48-39-37-35-32-29-26-23-20-17-14-11-8-5-2/h7-12,16-21,25-30,34-37,40-41,43-44,48,50,54,59,65,68,90-92,96-97H,4-6,13-15,22-24,31-33,38-39,42,45-47,49,51-53,55-58,60-64,66-67,69-89H2,1-3H3,(H,101,102)(H,103,104)/b10-7-,11-8-,12-9-,19-16-,20-17-,21-18-,28-25-,29-26-,30-27-,36-34-,37-35-,41-40-,44-43-,50-48-,59-54-,68-65-. The maximum absolute atomic E-state index is 13.0. The van der Waals surface area contributed by atoms with Gasteiger partial charge in [-0.05, 0) is 161 Å². The van der Waals surface area contributed by atoms with E-state index in [1.54, 1.807) is 0 Å². The molecule has 0 aromatic heterocycles. The van der Waals surface area contributed by atoms with E-state index in [-0.39, 0.29) is 19.3 Å². The molecule has 0 aromatic carbocycles. The van der Waals surface area contributed by atoms with Crippen LogP contribution in [0.3, 0.4) is 0 Å². The third kappa shape index (κ3) is 87.1. The van der Waals surface area contributed by atoms with Gasteiger partial charge < -0.3 is 34.2 Å². The van der Waals surface area contributed by atoms with Crippen LogP contribution < -0.4 is 0 Å². The van der Waals surface area contributed by atoms with Gasteiger partial charge in [-0.2, -0.15) is 0 Å². The highest BCUT2D eigenvalue weighted by molar-refractivity contribution is 7.47. The van der Waals surface area contributed by atoms with Crippen LogP contribution in [0, 0.1) is 0 Å². The maximum atomic E-state index is 13.0. The second kappa shape index (κ2) is 85.8. The summed E-state index contributed by atoms with van der Waals surface area (Å²) in [6.45, 7) is 2.30. The second-order valence-corrected chi connectivity index (χ2v) is 31.5. The van der Waals surface area contributed by atoms with E-state index in [2.05, 4.69) is 215 Å². The van der Waals surface area contributed by atoms with Gasteiger partial charge in [0.25, 0.3) is 0 Å². The molecule has 16 nitrogen and oxygen atoms in total. The van der Waals surface area contributed by atoms with Crippen molar-refractivity contribution >= 4 is 33.6 Å². The Hall–Kier alpha value is -5.61. The van der Waals surface area contributed by atoms with Crippen LogP contribution in [0.4, 0.5) is 0 Å². The number of rotatable bonds is 81. The van der Waals surface area contributed by atoms with Crippen LogP contribution in [0.5, 0.6) is 0 Å². The summed E-state index contributed by atoms with van der Waals surface area (Å²) in [4.78, 5) is 58.9. The van der Waals surface area contributed by atoms with Crippen molar-refractivity contribution in [2.24, 2.45) is 0 Å². The number of aliphatic hydroxyl groups excluding tert-OH is 2. The highest BCUT2D eigenvalue weighted by atomic mass is 31.2. The fraction of sp³-hybridized carbons (Fsp3) is 0.632. The van der Waals surface area contributed by atoms with Gasteiger partial charge in [-0.1, -0.05) is 344 Å². The summed E-state index contributed by atoms with van der Waals surface area (Å²) in [5.74, 6) is -1.62. The lowest BCUT2D eigenvalue weighted by atomic mass is 10.0. The largest absolute Gasteiger partial charge is 0.472 e. The number of carbonyl (C=O) groups is 3. The molecule has 0 heterocycles. The lowest BCUT2D eigenvalue weighted by molar-refractivity contribution is -0.161. The first-order valence-electron chi connectivity index (χ1n) is 43.7. The molecule has 0 rings (SSSR count). The molecular weight excluding hydrogens is 1460 g/mol. The Morgan fingerprint density at radius 1 is 0.248 bits per heavy atom. The van der Waals surface area contributed by atoms with Crippen LogP contribution in [0.15, 0.2) is 194 Å². The van der Waals surface area contributed by atoms with Gasteiger partial charge in [0.1, 0.15) is 25.4 Å². The molecule has 4 N–H and O–H groups in total. The third-order valence-corrected chi connectivity index (χ3v) is 19.7. The summed E-state index contributed by atoms with van der Waals surface area (Å²) < 4.78 is 61.3. The number of phosphoric acid groups is 2. The molecule has 5 atom stereocenters. The fourth-order valence-electron chi connectivity index (χ4n) is 11.3. The first-order chi connectivity index (χ1) is 55.2. The van der Waals surface area contributed by atoms with E-state index in [9.17, 15) is 43.5 Å². The Kier molecular flexibility index (Phi) is 81.5. The summed E-state index contributed by atoms with van der Waals surface area (Å²) in [5.41, 5.74) is 0. The maximum Gasteiger partial charge on any atom is 0.472 e. The van der Waals surface area contributed by atoms with Crippen LogP contribution >= 0.6 is 15.6 Å². The predicted octanol–water partition coefficient (Wildman–Crippen LogP) is 26.7.